The van der Waals surface area contributed by atoms with Gasteiger partial charge in [-0.25, -0.2) is 0 Å². The largest absolute Gasteiger partial charge is 0.463 e. The number of nitrogens with two attached hydrogens (primary N) is 1. The summed E-state index contributed by atoms with van der Waals surface area (Å²) in [4.78, 5) is 2.42. The average molecular weight is 224 g/mol. The van der Waals surface area contributed by atoms with Gasteiger partial charge in [-0.2, -0.15) is 0 Å². The molecule has 0 aliphatic carbocycles. The molecule has 2 N–H and O–H groups in total. The molecule has 0 aliphatic rings. The Kier molecular flexibility index (Phi) is 5.03. The second-order valence-corrected chi connectivity index (χ2v) is 4.99. The van der Waals surface area contributed by atoms with Crippen LogP contribution in [0.4, 0.5) is 0 Å². The molecule has 0 fully saturated rings. The quantitative estimate of drug-likeness (QED) is 0.807. The fraction of sp³-hybridized carbons (Fsp3) is 0.692. The van der Waals surface area contributed by atoms with Crippen molar-refractivity contribution in [2.75, 3.05) is 6.54 Å². The lowest BCUT2D eigenvalue weighted by molar-refractivity contribution is 0.174. The normalized spacial score (nSPS) is 12.0. The lowest BCUT2D eigenvalue weighted by Gasteiger charge is -2.27. The van der Waals surface area contributed by atoms with Crippen molar-refractivity contribution in [1.29, 1.82) is 0 Å². The number of rotatable bonds is 6. The van der Waals surface area contributed by atoms with E-state index in [0.29, 0.717) is 18.5 Å². The molecule has 0 bridgehead atoms. The highest BCUT2D eigenvalue weighted by molar-refractivity contribution is 5.06. The Morgan fingerprint density at radius 1 is 1.19 bits per heavy atom. The molecule has 0 amide bonds. The molecule has 0 aliphatic heterocycles. The van der Waals surface area contributed by atoms with E-state index < -0.39 is 0 Å². The highest BCUT2D eigenvalue weighted by Crippen LogP contribution is 2.13. The molecule has 1 aromatic rings. The van der Waals surface area contributed by atoms with Crippen LogP contribution in [0.2, 0.25) is 0 Å². The molecule has 0 unspecified atom stereocenters. The van der Waals surface area contributed by atoms with Gasteiger partial charge < -0.3 is 10.2 Å². The number of hydrogen-bond acceptors (Lipinski definition) is 3. The van der Waals surface area contributed by atoms with E-state index in [1.165, 1.54) is 0 Å². The maximum Gasteiger partial charge on any atom is 0.118 e. The van der Waals surface area contributed by atoms with Gasteiger partial charge in [0.2, 0.25) is 0 Å². The third-order valence-electron chi connectivity index (χ3n) is 2.61. The van der Waals surface area contributed by atoms with Crippen molar-refractivity contribution in [3.8, 4) is 0 Å². The molecule has 1 rings (SSSR count). The molecule has 1 aromatic heterocycles. The summed E-state index contributed by atoms with van der Waals surface area (Å²) in [5.41, 5.74) is 5.53. The first-order valence-corrected chi connectivity index (χ1v) is 6.04. The van der Waals surface area contributed by atoms with Gasteiger partial charge in [-0.3, -0.25) is 4.90 Å². The van der Waals surface area contributed by atoms with Gasteiger partial charge in [0.15, 0.2) is 0 Å². The van der Waals surface area contributed by atoms with Gasteiger partial charge in [-0.05, 0) is 31.9 Å². The summed E-state index contributed by atoms with van der Waals surface area (Å²) in [6, 6.07) is 4.52. The van der Waals surface area contributed by atoms with Crippen LogP contribution in [-0.4, -0.2) is 17.5 Å². The van der Waals surface area contributed by atoms with Crippen LogP contribution in [0.15, 0.2) is 16.5 Å². The third-order valence-corrected chi connectivity index (χ3v) is 2.61. The molecule has 0 saturated heterocycles. The fourth-order valence-electron chi connectivity index (χ4n) is 1.74. The van der Waals surface area contributed by atoms with Crippen molar-refractivity contribution in [3.05, 3.63) is 23.7 Å². The van der Waals surface area contributed by atoms with Gasteiger partial charge in [-0.15, -0.1) is 0 Å². The lowest BCUT2D eigenvalue weighted by Crippen LogP contribution is -2.33. The summed E-state index contributed by atoms with van der Waals surface area (Å²) in [5, 5.41) is 0. The van der Waals surface area contributed by atoms with Gasteiger partial charge in [0.25, 0.3) is 0 Å². The standard InChI is InChI=1S/C13H24N2O/c1-10(2)8-15(11(3)4)9-13-6-5-12(7-14)16-13/h5-6,10-11H,7-9,14H2,1-4H3. The van der Waals surface area contributed by atoms with Crippen molar-refractivity contribution >= 4 is 0 Å². The van der Waals surface area contributed by atoms with Crippen LogP contribution in [0.5, 0.6) is 0 Å². The summed E-state index contributed by atoms with van der Waals surface area (Å²) >= 11 is 0. The van der Waals surface area contributed by atoms with Crippen molar-refractivity contribution in [1.82, 2.24) is 4.90 Å². The fourth-order valence-corrected chi connectivity index (χ4v) is 1.74. The minimum atomic E-state index is 0.478. The minimum Gasteiger partial charge on any atom is -0.463 e. The first kappa shape index (κ1) is 13.3. The maximum absolute atomic E-state index is 5.63. The topological polar surface area (TPSA) is 42.4 Å². The second-order valence-electron chi connectivity index (χ2n) is 4.99. The summed E-state index contributed by atoms with van der Waals surface area (Å²) in [6.07, 6.45) is 0. The van der Waals surface area contributed by atoms with Crippen LogP contribution in [0.3, 0.4) is 0 Å². The van der Waals surface area contributed by atoms with E-state index in [4.69, 9.17) is 10.2 Å². The predicted octanol–water partition coefficient (Wildman–Crippen LogP) is 2.60. The second kappa shape index (κ2) is 6.06. The van der Waals surface area contributed by atoms with Crippen molar-refractivity contribution in [3.63, 3.8) is 0 Å². The van der Waals surface area contributed by atoms with Crippen molar-refractivity contribution in [2.45, 2.75) is 46.8 Å². The Morgan fingerprint density at radius 3 is 2.25 bits per heavy atom. The zero-order chi connectivity index (χ0) is 12.1. The van der Waals surface area contributed by atoms with Crippen LogP contribution < -0.4 is 5.73 Å². The van der Waals surface area contributed by atoms with Crippen LogP contribution in [-0.2, 0) is 13.1 Å². The summed E-state index contributed by atoms with van der Waals surface area (Å²) in [5.74, 6) is 2.55. The summed E-state index contributed by atoms with van der Waals surface area (Å²) < 4.78 is 5.63. The number of furan rings is 1. The van der Waals surface area contributed by atoms with Gasteiger partial charge in [0.05, 0.1) is 13.1 Å². The molecular formula is C13H24N2O. The van der Waals surface area contributed by atoms with Gasteiger partial charge in [0, 0.05) is 12.6 Å². The molecular weight excluding hydrogens is 200 g/mol. The smallest absolute Gasteiger partial charge is 0.118 e. The van der Waals surface area contributed by atoms with E-state index in [1.807, 2.05) is 12.1 Å². The van der Waals surface area contributed by atoms with Gasteiger partial charge >= 0.3 is 0 Å². The summed E-state index contributed by atoms with van der Waals surface area (Å²) in [6.45, 7) is 11.4. The molecule has 16 heavy (non-hydrogen) atoms. The lowest BCUT2D eigenvalue weighted by atomic mass is 10.1. The Bertz CT molecular complexity index is 305. The summed E-state index contributed by atoms with van der Waals surface area (Å²) in [7, 11) is 0. The van der Waals surface area contributed by atoms with E-state index in [0.717, 1.165) is 24.6 Å². The van der Waals surface area contributed by atoms with Crippen LogP contribution >= 0.6 is 0 Å². The highest BCUT2D eigenvalue weighted by atomic mass is 16.3. The average Bonchev–Trinajstić information content (AvgIpc) is 2.63. The predicted molar refractivity (Wildman–Crippen MR) is 67.0 cm³/mol. The monoisotopic (exact) mass is 224 g/mol. The minimum absolute atomic E-state index is 0.478. The molecule has 1 heterocycles. The Hall–Kier alpha value is -0.800. The van der Waals surface area contributed by atoms with E-state index >= 15 is 0 Å². The van der Waals surface area contributed by atoms with E-state index in [1.54, 1.807) is 0 Å². The Morgan fingerprint density at radius 2 is 1.81 bits per heavy atom. The molecule has 3 nitrogen and oxygen atoms in total. The van der Waals surface area contributed by atoms with Crippen LogP contribution in [0.25, 0.3) is 0 Å². The zero-order valence-corrected chi connectivity index (χ0v) is 10.9. The molecule has 0 saturated carbocycles. The van der Waals surface area contributed by atoms with Crippen LogP contribution in [0, 0.1) is 5.92 Å². The third kappa shape index (κ3) is 3.99. The van der Waals surface area contributed by atoms with Gasteiger partial charge in [0.1, 0.15) is 11.5 Å². The zero-order valence-electron chi connectivity index (χ0n) is 10.9. The van der Waals surface area contributed by atoms with Gasteiger partial charge in [-0.1, -0.05) is 13.8 Å². The van der Waals surface area contributed by atoms with Crippen molar-refractivity contribution < 1.29 is 4.42 Å². The Labute approximate surface area is 98.6 Å². The molecule has 0 aromatic carbocycles. The van der Waals surface area contributed by atoms with E-state index in [9.17, 15) is 0 Å². The highest BCUT2D eigenvalue weighted by Gasteiger charge is 2.13. The Balaban J connectivity index is 2.60. The SMILES string of the molecule is CC(C)CN(Cc1ccc(CN)o1)C(C)C. The maximum atomic E-state index is 5.63. The molecule has 3 heteroatoms. The molecule has 92 valence electrons. The van der Waals surface area contributed by atoms with Crippen molar-refractivity contribution in [2.24, 2.45) is 11.7 Å². The number of hydrogen-bond donors (Lipinski definition) is 1. The first-order valence-electron chi connectivity index (χ1n) is 6.04. The van der Waals surface area contributed by atoms with E-state index in [2.05, 4.69) is 32.6 Å². The van der Waals surface area contributed by atoms with Crippen LogP contribution in [0.1, 0.15) is 39.2 Å². The molecule has 0 spiro atoms. The van der Waals surface area contributed by atoms with E-state index in [-0.39, 0.29) is 0 Å². The molecule has 0 radical (unpaired) electrons. The first-order chi connectivity index (χ1) is 7.52. The molecule has 0 atom stereocenters. The number of nitrogens with zero attached hydrogens (tertiary/aromatic N) is 1.